The third-order valence-electron chi connectivity index (χ3n) is 5.06. The van der Waals surface area contributed by atoms with E-state index >= 15 is 0 Å². The smallest absolute Gasteiger partial charge is 0.287 e. The van der Waals surface area contributed by atoms with Gasteiger partial charge in [0.1, 0.15) is 23.7 Å². The first-order chi connectivity index (χ1) is 15.7. The second-order valence-electron chi connectivity index (χ2n) is 7.31. The van der Waals surface area contributed by atoms with Crippen LogP contribution in [0.3, 0.4) is 0 Å². The Labute approximate surface area is 185 Å². The third kappa shape index (κ3) is 5.04. The first kappa shape index (κ1) is 21.3. The number of carbonyl (C=O) groups excluding carboxylic acids is 2. The molecule has 0 radical (unpaired) electrons. The monoisotopic (exact) mass is 429 g/mol. The van der Waals surface area contributed by atoms with Crippen LogP contribution in [0.15, 0.2) is 83.3 Å². The Kier molecular flexibility index (Phi) is 6.63. The number of rotatable bonds is 9. The number of fused-ring (bicyclic) bond motifs is 1. The predicted octanol–water partition coefficient (Wildman–Crippen LogP) is 4.62. The van der Waals surface area contributed by atoms with Crippen LogP contribution in [0.5, 0.6) is 5.75 Å². The maximum absolute atomic E-state index is 12.5. The van der Waals surface area contributed by atoms with Crippen LogP contribution >= 0.6 is 0 Å². The molecule has 0 saturated carbocycles. The fourth-order valence-electron chi connectivity index (χ4n) is 3.34. The SMILES string of the molecule is COc1ccc2oc(C(=O)NC(C=O)COCc3ccc(-c4ccccc4)cc3)cc2c1. The van der Waals surface area contributed by atoms with Crippen molar-refractivity contribution in [3.63, 3.8) is 0 Å². The molecule has 1 aromatic heterocycles. The summed E-state index contributed by atoms with van der Waals surface area (Å²) in [4.78, 5) is 23.9. The minimum atomic E-state index is -0.783. The zero-order chi connectivity index (χ0) is 22.3. The van der Waals surface area contributed by atoms with E-state index < -0.39 is 11.9 Å². The second-order valence-corrected chi connectivity index (χ2v) is 7.31. The molecule has 4 rings (SSSR count). The Morgan fingerprint density at radius 2 is 1.75 bits per heavy atom. The summed E-state index contributed by atoms with van der Waals surface area (Å²) >= 11 is 0. The molecule has 0 spiro atoms. The summed E-state index contributed by atoms with van der Waals surface area (Å²) in [5, 5.41) is 3.38. The molecule has 0 saturated heterocycles. The quantitative estimate of drug-likeness (QED) is 0.393. The molecule has 1 N–H and O–H groups in total. The number of hydrogen-bond donors (Lipinski definition) is 1. The van der Waals surface area contributed by atoms with Gasteiger partial charge >= 0.3 is 0 Å². The van der Waals surface area contributed by atoms with Crippen molar-refractivity contribution in [3.8, 4) is 16.9 Å². The average Bonchev–Trinajstić information content (AvgIpc) is 3.28. The number of aldehydes is 1. The number of hydrogen-bond acceptors (Lipinski definition) is 5. The molecule has 0 fully saturated rings. The van der Waals surface area contributed by atoms with Gasteiger partial charge in [0.25, 0.3) is 5.91 Å². The maximum Gasteiger partial charge on any atom is 0.287 e. The highest BCUT2D eigenvalue weighted by atomic mass is 16.5. The van der Waals surface area contributed by atoms with E-state index in [1.807, 2.05) is 42.5 Å². The van der Waals surface area contributed by atoms with Crippen molar-refractivity contribution in [3.05, 3.63) is 90.2 Å². The number of furan rings is 1. The van der Waals surface area contributed by atoms with Gasteiger partial charge in [-0.3, -0.25) is 4.79 Å². The molecule has 4 aromatic rings. The molecule has 0 aliphatic carbocycles. The van der Waals surface area contributed by atoms with E-state index in [1.54, 1.807) is 31.4 Å². The number of benzene rings is 3. The van der Waals surface area contributed by atoms with Gasteiger partial charge < -0.3 is 24.0 Å². The molecule has 6 heteroatoms. The predicted molar refractivity (Wildman–Crippen MR) is 122 cm³/mol. The summed E-state index contributed by atoms with van der Waals surface area (Å²) in [6, 6.07) is 24.2. The van der Waals surface area contributed by atoms with E-state index in [0.717, 1.165) is 22.1 Å². The number of amides is 1. The Hall–Kier alpha value is -3.90. The standard InChI is InChI=1S/C26H23NO5/c1-30-23-11-12-24-21(13-23)14-25(32-24)26(29)27-22(15-28)17-31-16-18-7-9-20(10-8-18)19-5-3-2-4-6-19/h2-15,22H,16-17H2,1H3,(H,27,29). The summed E-state index contributed by atoms with van der Waals surface area (Å²) in [6.07, 6.45) is 0.655. The minimum absolute atomic E-state index is 0.0593. The molecular weight excluding hydrogens is 406 g/mol. The summed E-state index contributed by atoms with van der Waals surface area (Å²) in [6.45, 7) is 0.392. The number of ether oxygens (including phenoxy) is 2. The first-order valence-electron chi connectivity index (χ1n) is 10.2. The van der Waals surface area contributed by atoms with E-state index in [0.29, 0.717) is 24.2 Å². The molecule has 0 aliphatic rings. The molecular formula is C26H23NO5. The molecule has 1 heterocycles. The highest BCUT2D eigenvalue weighted by Crippen LogP contribution is 2.24. The van der Waals surface area contributed by atoms with Crippen molar-refractivity contribution >= 4 is 23.2 Å². The number of nitrogens with one attached hydrogen (secondary N) is 1. The van der Waals surface area contributed by atoms with E-state index in [2.05, 4.69) is 17.4 Å². The van der Waals surface area contributed by atoms with Crippen LogP contribution in [0.2, 0.25) is 0 Å². The lowest BCUT2D eigenvalue weighted by Crippen LogP contribution is -2.39. The highest BCUT2D eigenvalue weighted by molar-refractivity contribution is 5.97. The maximum atomic E-state index is 12.5. The number of carbonyl (C=O) groups is 2. The van der Waals surface area contributed by atoms with Crippen LogP contribution in [-0.2, 0) is 16.1 Å². The van der Waals surface area contributed by atoms with Gasteiger partial charge in [-0.05, 0) is 41.0 Å². The Balaban J connectivity index is 1.31. The van der Waals surface area contributed by atoms with Crippen molar-refractivity contribution in [2.24, 2.45) is 0 Å². The summed E-state index contributed by atoms with van der Waals surface area (Å²) in [7, 11) is 1.57. The van der Waals surface area contributed by atoms with E-state index in [4.69, 9.17) is 13.9 Å². The Bertz CT molecular complexity index is 1200. The van der Waals surface area contributed by atoms with Crippen LogP contribution in [0.1, 0.15) is 16.1 Å². The summed E-state index contributed by atoms with van der Waals surface area (Å²) in [5.41, 5.74) is 3.81. The van der Waals surface area contributed by atoms with Crippen molar-refractivity contribution in [2.45, 2.75) is 12.6 Å². The van der Waals surface area contributed by atoms with Gasteiger partial charge in [0, 0.05) is 5.39 Å². The van der Waals surface area contributed by atoms with Crippen molar-refractivity contribution in [2.75, 3.05) is 13.7 Å². The fraction of sp³-hybridized carbons (Fsp3) is 0.154. The lowest BCUT2D eigenvalue weighted by Gasteiger charge is -2.12. The zero-order valence-corrected chi connectivity index (χ0v) is 17.6. The summed E-state index contributed by atoms with van der Waals surface area (Å²) < 4.78 is 16.4. The molecule has 1 unspecified atom stereocenters. The minimum Gasteiger partial charge on any atom is -0.497 e. The molecule has 1 amide bonds. The van der Waals surface area contributed by atoms with Gasteiger partial charge in [-0.1, -0.05) is 54.6 Å². The van der Waals surface area contributed by atoms with Gasteiger partial charge in [-0.25, -0.2) is 0 Å². The van der Waals surface area contributed by atoms with Crippen LogP contribution in [0.25, 0.3) is 22.1 Å². The second kappa shape index (κ2) is 9.94. The van der Waals surface area contributed by atoms with Crippen molar-refractivity contribution in [1.29, 1.82) is 0 Å². The van der Waals surface area contributed by atoms with Gasteiger partial charge in [0.05, 0.1) is 20.3 Å². The molecule has 32 heavy (non-hydrogen) atoms. The van der Waals surface area contributed by atoms with Gasteiger partial charge in [0.2, 0.25) is 0 Å². The van der Waals surface area contributed by atoms with Crippen LogP contribution < -0.4 is 10.1 Å². The van der Waals surface area contributed by atoms with E-state index in [1.165, 1.54) is 0 Å². The summed E-state index contributed by atoms with van der Waals surface area (Å²) in [5.74, 6) is 0.311. The molecule has 6 nitrogen and oxygen atoms in total. The average molecular weight is 429 g/mol. The lowest BCUT2D eigenvalue weighted by atomic mass is 10.0. The fourth-order valence-corrected chi connectivity index (χ4v) is 3.34. The molecule has 3 aromatic carbocycles. The van der Waals surface area contributed by atoms with Crippen molar-refractivity contribution < 1.29 is 23.5 Å². The lowest BCUT2D eigenvalue weighted by molar-refractivity contribution is -0.110. The highest BCUT2D eigenvalue weighted by Gasteiger charge is 2.17. The number of methoxy groups -OCH3 is 1. The third-order valence-corrected chi connectivity index (χ3v) is 5.06. The topological polar surface area (TPSA) is 77.8 Å². The van der Waals surface area contributed by atoms with Gasteiger partial charge in [-0.15, -0.1) is 0 Å². The largest absolute Gasteiger partial charge is 0.497 e. The Morgan fingerprint density at radius 1 is 1.00 bits per heavy atom. The zero-order valence-electron chi connectivity index (χ0n) is 17.6. The van der Waals surface area contributed by atoms with Gasteiger partial charge in [-0.2, -0.15) is 0 Å². The Morgan fingerprint density at radius 3 is 2.47 bits per heavy atom. The van der Waals surface area contributed by atoms with Crippen LogP contribution in [-0.4, -0.2) is 32.0 Å². The molecule has 1 atom stereocenters. The molecule has 0 aliphatic heterocycles. The van der Waals surface area contributed by atoms with Crippen molar-refractivity contribution in [1.82, 2.24) is 5.32 Å². The van der Waals surface area contributed by atoms with E-state index in [-0.39, 0.29) is 12.4 Å². The van der Waals surface area contributed by atoms with Gasteiger partial charge in [0.15, 0.2) is 5.76 Å². The molecule has 162 valence electrons. The first-order valence-corrected chi connectivity index (χ1v) is 10.2. The van der Waals surface area contributed by atoms with E-state index in [9.17, 15) is 9.59 Å². The van der Waals surface area contributed by atoms with Crippen LogP contribution in [0.4, 0.5) is 0 Å². The normalized spacial score (nSPS) is 11.8. The van der Waals surface area contributed by atoms with Crippen LogP contribution in [0, 0.1) is 0 Å². The molecule has 0 bridgehead atoms.